The molecule has 1 saturated heterocycles. The topological polar surface area (TPSA) is 87.8 Å². The van der Waals surface area contributed by atoms with Gasteiger partial charge >= 0.3 is 0 Å². The molecular weight excluding hydrogens is 324 g/mol. The van der Waals surface area contributed by atoms with Gasteiger partial charge in [-0.2, -0.15) is 0 Å². The van der Waals surface area contributed by atoms with Crippen LogP contribution in [0.4, 0.5) is 0 Å². The van der Waals surface area contributed by atoms with Gasteiger partial charge in [-0.3, -0.25) is 4.99 Å². The van der Waals surface area contributed by atoms with Crippen molar-refractivity contribution in [3.05, 3.63) is 29.8 Å². The summed E-state index contributed by atoms with van der Waals surface area (Å²) < 4.78 is 22.5. The Labute approximate surface area is 144 Å². The molecule has 1 heterocycles. The van der Waals surface area contributed by atoms with Crippen molar-refractivity contribution in [1.82, 2.24) is 10.2 Å². The zero-order valence-corrected chi connectivity index (χ0v) is 15.0. The number of nitrogens with zero attached hydrogens (tertiary/aromatic N) is 2. The van der Waals surface area contributed by atoms with Crippen molar-refractivity contribution >= 4 is 16.0 Å². The van der Waals surface area contributed by atoms with E-state index in [2.05, 4.69) is 15.2 Å². The van der Waals surface area contributed by atoms with Crippen molar-refractivity contribution in [1.29, 1.82) is 0 Å². The molecule has 1 aromatic carbocycles. The lowest BCUT2D eigenvalue weighted by atomic mass is 9.68. The normalized spacial score (nSPS) is 20.2. The summed E-state index contributed by atoms with van der Waals surface area (Å²) in [5, 5.41) is 8.53. The van der Waals surface area contributed by atoms with Crippen molar-refractivity contribution in [2.24, 2.45) is 15.5 Å². The predicted molar refractivity (Wildman–Crippen MR) is 95.4 cm³/mol. The third kappa shape index (κ3) is 3.72. The average molecular weight is 350 g/mol. The Kier molecular flexibility index (Phi) is 4.83. The van der Waals surface area contributed by atoms with Crippen LogP contribution < -0.4 is 10.5 Å². The highest BCUT2D eigenvalue weighted by molar-refractivity contribution is 7.89. The second-order valence-electron chi connectivity index (χ2n) is 6.94. The minimum Gasteiger partial charge on any atom is -0.356 e. The molecule has 0 atom stereocenters. The molecule has 0 aromatic heterocycles. The van der Waals surface area contributed by atoms with E-state index in [0.717, 1.165) is 37.6 Å². The van der Waals surface area contributed by atoms with Gasteiger partial charge in [0, 0.05) is 26.7 Å². The van der Waals surface area contributed by atoms with Gasteiger partial charge in [-0.25, -0.2) is 13.6 Å². The Hall–Kier alpha value is -1.60. The second-order valence-corrected chi connectivity index (χ2v) is 8.50. The summed E-state index contributed by atoms with van der Waals surface area (Å²) in [4.78, 5) is 6.92. The van der Waals surface area contributed by atoms with E-state index in [1.54, 1.807) is 12.1 Å². The number of hydrogen-bond acceptors (Lipinski definition) is 3. The number of benzene rings is 1. The molecule has 2 fully saturated rings. The molecule has 1 aliphatic heterocycles. The van der Waals surface area contributed by atoms with E-state index >= 15 is 0 Å². The lowest BCUT2D eigenvalue weighted by molar-refractivity contribution is 0.151. The fourth-order valence-electron chi connectivity index (χ4n) is 3.70. The van der Waals surface area contributed by atoms with Gasteiger partial charge in [-0.1, -0.05) is 18.6 Å². The molecule has 1 aliphatic carbocycles. The summed E-state index contributed by atoms with van der Waals surface area (Å²) in [6.45, 7) is 2.98. The van der Waals surface area contributed by atoms with Crippen LogP contribution in [-0.4, -0.2) is 46.0 Å². The number of aliphatic imine (C=N–C) groups is 1. The Morgan fingerprint density at radius 2 is 2.00 bits per heavy atom. The largest absolute Gasteiger partial charge is 0.356 e. The number of hydrogen-bond donors (Lipinski definition) is 2. The summed E-state index contributed by atoms with van der Waals surface area (Å²) in [5.74, 6) is 0.972. The van der Waals surface area contributed by atoms with Gasteiger partial charge in [0.25, 0.3) is 0 Å². The summed E-state index contributed by atoms with van der Waals surface area (Å²) >= 11 is 0. The predicted octanol–water partition coefficient (Wildman–Crippen LogP) is 1.33. The maximum absolute atomic E-state index is 11.3. The lowest BCUT2D eigenvalue weighted by Gasteiger charge is -2.38. The molecule has 3 rings (SSSR count). The molecule has 1 saturated carbocycles. The van der Waals surface area contributed by atoms with Gasteiger partial charge in [-0.05, 0) is 48.8 Å². The van der Waals surface area contributed by atoms with Crippen LogP contribution in [0.15, 0.2) is 34.2 Å². The minimum atomic E-state index is -3.62. The fraction of sp³-hybridized carbons (Fsp3) is 0.588. The highest BCUT2D eigenvalue weighted by atomic mass is 32.2. The first-order chi connectivity index (χ1) is 11.4. The van der Waals surface area contributed by atoms with Crippen LogP contribution in [0.3, 0.4) is 0 Å². The molecule has 2 aliphatic rings. The summed E-state index contributed by atoms with van der Waals surface area (Å²) in [5.41, 5.74) is 1.63. The zero-order chi connectivity index (χ0) is 17.2. The quantitative estimate of drug-likeness (QED) is 0.633. The number of sulfonamides is 1. The molecular formula is C17H26N4O2S. The van der Waals surface area contributed by atoms with E-state index in [1.165, 1.54) is 25.7 Å². The highest BCUT2D eigenvalue weighted by Gasteiger charge is 2.43. The monoisotopic (exact) mass is 350 g/mol. The van der Waals surface area contributed by atoms with Crippen LogP contribution in [0.1, 0.15) is 31.2 Å². The summed E-state index contributed by atoms with van der Waals surface area (Å²) in [7, 11) is -1.79. The molecule has 0 radical (unpaired) electrons. The fourth-order valence-corrected chi connectivity index (χ4v) is 4.21. The maximum Gasteiger partial charge on any atom is 0.238 e. The number of primary sulfonamides is 1. The molecule has 6 nitrogen and oxygen atoms in total. The van der Waals surface area contributed by atoms with E-state index in [9.17, 15) is 8.42 Å². The first kappa shape index (κ1) is 17.2. The van der Waals surface area contributed by atoms with Crippen LogP contribution in [0.5, 0.6) is 0 Å². The second kappa shape index (κ2) is 6.72. The molecule has 7 heteroatoms. The van der Waals surface area contributed by atoms with E-state index in [1.807, 2.05) is 19.2 Å². The molecule has 24 heavy (non-hydrogen) atoms. The van der Waals surface area contributed by atoms with Crippen LogP contribution in [0.2, 0.25) is 0 Å². The number of guanidine groups is 1. The van der Waals surface area contributed by atoms with Gasteiger partial charge in [-0.15, -0.1) is 0 Å². The number of likely N-dealkylation sites (tertiary alicyclic amines) is 1. The van der Waals surface area contributed by atoms with Crippen molar-refractivity contribution < 1.29 is 8.42 Å². The molecule has 1 spiro atoms. The van der Waals surface area contributed by atoms with Crippen molar-refractivity contribution in [3.8, 4) is 0 Å². The summed E-state index contributed by atoms with van der Waals surface area (Å²) in [6, 6.07) is 6.73. The minimum absolute atomic E-state index is 0.151. The Morgan fingerprint density at radius 1 is 1.29 bits per heavy atom. The molecule has 132 valence electrons. The van der Waals surface area contributed by atoms with Crippen LogP contribution >= 0.6 is 0 Å². The average Bonchev–Trinajstić information content (AvgIpc) is 2.97. The van der Waals surface area contributed by atoms with Crippen molar-refractivity contribution in [2.75, 3.05) is 26.7 Å². The standard InChI is InChI=1S/C17H26N4O2S/c1-19-16(21-12-10-17(13-21)8-2-9-17)20-11-7-14-3-5-15(6-4-14)24(18,22)23/h3-6H,2,7-13H2,1H3,(H,19,20)(H2,18,22,23). The Morgan fingerprint density at radius 3 is 2.50 bits per heavy atom. The van der Waals surface area contributed by atoms with Gasteiger partial charge in [0.05, 0.1) is 4.90 Å². The van der Waals surface area contributed by atoms with Crippen molar-refractivity contribution in [3.63, 3.8) is 0 Å². The molecule has 0 amide bonds. The van der Waals surface area contributed by atoms with Crippen LogP contribution in [0, 0.1) is 5.41 Å². The number of nitrogens with one attached hydrogen (secondary N) is 1. The van der Waals surface area contributed by atoms with Gasteiger partial charge < -0.3 is 10.2 Å². The first-order valence-electron chi connectivity index (χ1n) is 8.49. The van der Waals surface area contributed by atoms with Crippen molar-refractivity contribution in [2.45, 2.75) is 37.0 Å². The molecule has 0 unspecified atom stereocenters. The van der Waals surface area contributed by atoms with E-state index in [4.69, 9.17) is 5.14 Å². The highest BCUT2D eigenvalue weighted by Crippen LogP contribution is 2.47. The molecule has 3 N–H and O–H groups in total. The van der Waals surface area contributed by atoms with Crippen LogP contribution in [0.25, 0.3) is 0 Å². The maximum atomic E-state index is 11.3. The van der Waals surface area contributed by atoms with Gasteiger partial charge in [0.2, 0.25) is 10.0 Å². The van der Waals surface area contributed by atoms with Crippen LogP contribution in [-0.2, 0) is 16.4 Å². The Bertz CT molecular complexity index is 709. The Balaban J connectivity index is 1.50. The van der Waals surface area contributed by atoms with Gasteiger partial charge in [0.1, 0.15) is 0 Å². The zero-order valence-electron chi connectivity index (χ0n) is 14.2. The molecule has 1 aromatic rings. The van der Waals surface area contributed by atoms with E-state index in [-0.39, 0.29) is 4.90 Å². The SMILES string of the molecule is CN=C(NCCc1ccc(S(N)(=O)=O)cc1)N1CCC2(CCC2)C1. The third-order valence-corrected chi connectivity index (χ3v) is 6.24. The smallest absolute Gasteiger partial charge is 0.238 e. The first-order valence-corrected chi connectivity index (χ1v) is 10.0. The van der Waals surface area contributed by atoms with E-state index in [0.29, 0.717) is 5.41 Å². The van der Waals surface area contributed by atoms with E-state index < -0.39 is 10.0 Å². The number of nitrogens with two attached hydrogens (primary N) is 1. The molecule has 0 bridgehead atoms. The third-order valence-electron chi connectivity index (χ3n) is 5.31. The number of rotatable bonds is 4. The van der Waals surface area contributed by atoms with Gasteiger partial charge in [0.15, 0.2) is 5.96 Å². The summed E-state index contributed by atoms with van der Waals surface area (Å²) in [6.07, 6.45) is 6.17. The lowest BCUT2D eigenvalue weighted by Crippen LogP contribution is -2.43.